The topological polar surface area (TPSA) is 134 Å². The minimum Gasteiger partial charge on any atom is -0.480 e. The number of hydrogen-bond donors (Lipinski definition) is 3. The van der Waals surface area contributed by atoms with Crippen molar-refractivity contribution in [3.63, 3.8) is 0 Å². The number of alkyl halides is 3. The molecule has 14 heteroatoms. The lowest BCUT2D eigenvalue weighted by Crippen LogP contribution is -2.39. The lowest BCUT2D eigenvalue weighted by atomic mass is 9.77. The third-order valence-electron chi connectivity index (χ3n) is 6.37. The number of hydrogen-bond acceptors (Lipinski definition) is 7. The fraction of sp³-hybridized carbons (Fsp3) is 0.348. The zero-order valence-corrected chi connectivity index (χ0v) is 19.7. The molecule has 2 aliphatic rings. The number of Topliss-reactive ketones (excluding diaryl/α,β-unsaturated/α-hetero) is 1. The quantitative estimate of drug-likeness (QED) is 0.342. The predicted molar refractivity (Wildman–Crippen MR) is 125 cm³/mol. The summed E-state index contributed by atoms with van der Waals surface area (Å²) in [6, 6.07) is 4.84. The average molecular weight is 519 g/mol. The highest BCUT2D eigenvalue weighted by atomic mass is 19.4. The van der Waals surface area contributed by atoms with E-state index in [4.69, 9.17) is 9.31 Å². The molecule has 0 atom stereocenters. The highest BCUT2D eigenvalue weighted by Crippen LogP contribution is 2.34. The number of ketones is 1. The summed E-state index contributed by atoms with van der Waals surface area (Å²) in [4.78, 5) is 38.1. The second-order valence-electron chi connectivity index (χ2n) is 8.93. The molecule has 0 unspecified atom stereocenters. The largest absolute Gasteiger partial charge is 0.491 e. The highest BCUT2D eigenvalue weighted by Gasteiger charge is 2.40. The Morgan fingerprint density at radius 3 is 2.11 bits per heavy atom. The van der Waals surface area contributed by atoms with Crippen LogP contribution in [-0.4, -0.2) is 65.0 Å². The van der Waals surface area contributed by atoms with E-state index < -0.39 is 50.0 Å². The van der Waals surface area contributed by atoms with Crippen LogP contribution in [0, 0.1) is 6.92 Å². The first kappa shape index (κ1) is 26.9. The van der Waals surface area contributed by atoms with E-state index >= 15 is 0 Å². The molecule has 9 nitrogen and oxygen atoms in total. The van der Waals surface area contributed by atoms with Crippen molar-refractivity contribution >= 4 is 42.8 Å². The van der Waals surface area contributed by atoms with E-state index in [9.17, 15) is 42.7 Å². The van der Waals surface area contributed by atoms with Crippen LogP contribution in [0.2, 0.25) is 0 Å². The van der Waals surface area contributed by atoms with Gasteiger partial charge in [0.2, 0.25) is 0 Å². The van der Waals surface area contributed by atoms with Gasteiger partial charge >= 0.3 is 26.4 Å². The summed E-state index contributed by atoms with van der Waals surface area (Å²) >= 11 is 0. The van der Waals surface area contributed by atoms with Gasteiger partial charge in [0.05, 0.1) is 24.3 Å². The van der Waals surface area contributed by atoms with E-state index in [2.05, 4.69) is 0 Å². The van der Waals surface area contributed by atoms with Crippen LogP contribution in [0.1, 0.15) is 55.8 Å². The number of rotatable bonds is 8. The van der Waals surface area contributed by atoms with Crippen molar-refractivity contribution in [2.75, 3.05) is 13.1 Å². The standard InChI is InChI=1S/C23H22B2F3NO8/c1-12-5-13-10-36-24(34)18(13)7-15(12)20(30)3-2-4-29(9-21(31)32)22(33)16-8-19-14(11-37-25(19)35)6-17(16)23(26,27)28/h5-8,34-35H,2-4,9-11H2,1H3,(H,31,32). The van der Waals surface area contributed by atoms with Crippen molar-refractivity contribution < 1.29 is 52.0 Å². The van der Waals surface area contributed by atoms with E-state index in [0.29, 0.717) is 16.6 Å². The molecule has 0 spiro atoms. The Morgan fingerprint density at radius 2 is 1.54 bits per heavy atom. The first-order chi connectivity index (χ1) is 17.4. The number of benzene rings is 2. The summed E-state index contributed by atoms with van der Waals surface area (Å²) < 4.78 is 51.3. The number of nitrogens with zero attached hydrogens (tertiary/aromatic N) is 1. The molecule has 0 fully saturated rings. The third-order valence-corrected chi connectivity index (χ3v) is 6.37. The van der Waals surface area contributed by atoms with Gasteiger partial charge in [0, 0.05) is 18.5 Å². The Labute approximate surface area is 210 Å². The van der Waals surface area contributed by atoms with Gasteiger partial charge in [0.25, 0.3) is 5.91 Å². The van der Waals surface area contributed by atoms with Crippen molar-refractivity contribution in [1.82, 2.24) is 4.90 Å². The monoisotopic (exact) mass is 519 g/mol. The number of carbonyl (C=O) groups excluding carboxylic acids is 2. The molecule has 37 heavy (non-hydrogen) atoms. The second-order valence-corrected chi connectivity index (χ2v) is 8.93. The Kier molecular flexibility index (Phi) is 7.47. The molecule has 2 aromatic rings. The number of aliphatic carboxylic acids is 1. The Bertz CT molecular complexity index is 1270. The van der Waals surface area contributed by atoms with Crippen molar-refractivity contribution in [3.8, 4) is 0 Å². The number of carboxylic acids is 1. The van der Waals surface area contributed by atoms with Crippen LogP contribution >= 0.6 is 0 Å². The van der Waals surface area contributed by atoms with Gasteiger partial charge in [-0.3, -0.25) is 14.4 Å². The molecule has 0 saturated heterocycles. The van der Waals surface area contributed by atoms with Crippen molar-refractivity contribution in [2.45, 2.75) is 39.2 Å². The number of amides is 1. The lowest BCUT2D eigenvalue weighted by Gasteiger charge is -2.23. The summed E-state index contributed by atoms with van der Waals surface area (Å²) in [5.41, 5.74) is 0.193. The summed E-state index contributed by atoms with van der Waals surface area (Å²) in [7, 11) is -2.65. The Balaban J connectivity index is 1.53. The molecule has 2 heterocycles. The fourth-order valence-electron chi connectivity index (χ4n) is 4.54. The summed E-state index contributed by atoms with van der Waals surface area (Å²) in [6.45, 7) is 0.467. The van der Waals surface area contributed by atoms with Gasteiger partial charge < -0.3 is 29.4 Å². The maximum absolute atomic E-state index is 13.7. The molecule has 2 aromatic carbocycles. The zero-order valence-electron chi connectivity index (χ0n) is 19.7. The van der Waals surface area contributed by atoms with Gasteiger partial charge in [0.15, 0.2) is 5.78 Å². The lowest BCUT2D eigenvalue weighted by molar-refractivity contribution is -0.138. The maximum Gasteiger partial charge on any atom is 0.491 e. The minimum atomic E-state index is -4.92. The van der Waals surface area contributed by atoms with Crippen LogP contribution in [0.5, 0.6) is 0 Å². The van der Waals surface area contributed by atoms with E-state index in [0.717, 1.165) is 22.6 Å². The van der Waals surface area contributed by atoms with Gasteiger partial charge in [-0.25, -0.2) is 0 Å². The number of carbonyl (C=O) groups is 3. The normalized spacial score (nSPS) is 14.5. The van der Waals surface area contributed by atoms with E-state index in [1.807, 2.05) is 0 Å². The number of carboxylic acid groups (broad SMARTS) is 1. The Hall–Kier alpha value is -3.19. The van der Waals surface area contributed by atoms with E-state index in [1.165, 1.54) is 6.07 Å². The molecule has 0 aromatic heterocycles. The van der Waals surface area contributed by atoms with Gasteiger partial charge in [0.1, 0.15) is 6.54 Å². The Morgan fingerprint density at radius 1 is 0.973 bits per heavy atom. The van der Waals surface area contributed by atoms with E-state index in [1.54, 1.807) is 13.0 Å². The van der Waals surface area contributed by atoms with Crippen molar-refractivity contribution in [1.29, 1.82) is 0 Å². The van der Waals surface area contributed by atoms with Gasteiger partial charge in [-0.1, -0.05) is 12.1 Å². The van der Waals surface area contributed by atoms with Crippen LogP contribution in [-0.2, 0) is 33.5 Å². The third kappa shape index (κ3) is 5.57. The van der Waals surface area contributed by atoms with Gasteiger partial charge in [-0.15, -0.1) is 0 Å². The van der Waals surface area contributed by atoms with Gasteiger partial charge in [-0.2, -0.15) is 13.2 Å². The summed E-state index contributed by atoms with van der Waals surface area (Å²) in [6.07, 6.45) is -5.06. The second kappa shape index (κ2) is 10.3. The predicted octanol–water partition coefficient (Wildman–Crippen LogP) is 0.639. The molecular formula is C23H22B2F3NO8. The van der Waals surface area contributed by atoms with Crippen molar-refractivity contribution in [3.05, 3.63) is 57.6 Å². The van der Waals surface area contributed by atoms with Crippen LogP contribution in [0.25, 0.3) is 0 Å². The maximum atomic E-state index is 13.7. The molecule has 1 amide bonds. The number of fused-ring (bicyclic) bond motifs is 2. The van der Waals surface area contributed by atoms with E-state index in [-0.39, 0.29) is 49.4 Å². The first-order valence-electron chi connectivity index (χ1n) is 11.4. The molecule has 0 saturated carbocycles. The fourth-order valence-corrected chi connectivity index (χ4v) is 4.54. The molecule has 2 aliphatic heterocycles. The number of halogens is 3. The van der Waals surface area contributed by atoms with Gasteiger partial charge in [-0.05, 0) is 53.1 Å². The highest BCUT2D eigenvalue weighted by molar-refractivity contribution is 6.62. The first-order valence-corrected chi connectivity index (χ1v) is 11.4. The average Bonchev–Trinajstić information content (AvgIpc) is 3.37. The molecule has 194 valence electrons. The van der Waals surface area contributed by atoms with Crippen LogP contribution in [0.15, 0.2) is 24.3 Å². The van der Waals surface area contributed by atoms with Crippen LogP contribution in [0.4, 0.5) is 13.2 Å². The summed E-state index contributed by atoms with van der Waals surface area (Å²) in [5.74, 6) is -2.98. The molecular weight excluding hydrogens is 497 g/mol. The molecule has 0 aliphatic carbocycles. The summed E-state index contributed by atoms with van der Waals surface area (Å²) in [5, 5.41) is 29.1. The number of aryl methyl sites for hydroxylation is 1. The smallest absolute Gasteiger partial charge is 0.480 e. The zero-order chi connectivity index (χ0) is 27.1. The van der Waals surface area contributed by atoms with Crippen LogP contribution in [0.3, 0.4) is 0 Å². The SMILES string of the molecule is Cc1cc2c(cc1C(=O)CCCN(CC(=O)O)C(=O)c1cc3c(cc1C(F)(F)F)COB3O)B(O)OC2. The molecule has 4 rings (SSSR count). The van der Waals surface area contributed by atoms with Crippen molar-refractivity contribution in [2.24, 2.45) is 0 Å². The molecule has 0 bridgehead atoms. The molecule has 3 N–H and O–H groups in total. The van der Waals surface area contributed by atoms with Crippen LogP contribution < -0.4 is 10.9 Å². The minimum absolute atomic E-state index is 0.0000507. The molecule has 0 radical (unpaired) electrons.